The minimum Gasteiger partial charge on any atom is -0.409 e. The molecule has 0 bridgehead atoms. The van der Waals surface area contributed by atoms with Crippen molar-refractivity contribution in [2.75, 3.05) is 13.6 Å². The molecule has 1 saturated carbocycles. The lowest BCUT2D eigenvalue weighted by molar-refractivity contribution is -0.895. The number of likely N-dealkylation sites (N-methyl/N-ethyl adjacent to an activating group) is 1. The second kappa shape index (κ2) is 6.82. The van der Waals surface area contributed by atoms with Gasteiger partial charge in [0.2, 0.25) is 5.89 Å². The molecular formula is C15H18ClN4O2S+. The van der Waals surface area contributed by atoms with Crippen molar-refractivity contribution >= 4 is 29.7 Å². The zero-order valence-electron chi connectivity index (χ0n) is 12.7. The predicted octanol–water partition coefficient (Wildman–Crippen LogP) is 1.28. The molecule has 2 aromatic rings. The highest BCUT2D eigenvalue weighted by Gasteiger charge is 2.24. The normalized spacial score (nSPS) is 15.4. The van der Waals surface area contributed by atoms with E-state index in [1.54, 1.807) is 16.8 Å². The third-order valence-corrected chi connectivity index (χ3v) is 4.03. The summed E-state index contributed by atoms with van der Waals surface area (Å²) in [6.07, 6.45) is 2.17. The van der Waals surface area contributed by atoms with Crippen molar-refractivity contribution in [3.8, 4) is 11.5 Å². The lowest BCUT2D eigenvalue weighted by atomic mass is 10.2. The number of hydrogen-bond acceptors (Lipinski definition) is 4. The van der Waals surface area contributed by atoms with E-state index in [0.29, 0.717) is 30.2 Å². The highest BCUT2D eigenvalue weighted by molar-refractivity contribution is 7.71. The lowest BCUT2D eigenvalue weighted by Gasteiger charge is -2.12. The molecule has 1 unspecified atom stereocenters. The number of benzene rings is 1. The van der Waals surface area contributed by atoms with Crippen LogP contribution in [0.15, 0.2) is 28.7 Å². The van der Waals surface area contributed by atoms with Crippen LogP contribution in [-0.2, 0) is 11.5 Å². The molecule has 0 spiro atoms. The molecule has 8 heteroatoms. The topological polar surface area (TPSA) is 64.5 Å². The molecule has 0 saturated heterocycles. The van der Waals surface area contributed by atoms with Gasteiger partial charge in [0, 0.05) is 16.6 Å². The van der Waals surface area contributed by atoms with Crippen molar-refractivity contribution in [3.05, 3.63) is 34.1 Å². The minimum atomic E-state index is 0.0510. The smallest absolute Gasteiger partial charge is 0.292 e. The Bertz CT molecular complexity index is 769. The maximum absolute atomic E-state index is 11.8. The van der Waals surface area contributed by atoms with Crippen molar-refractivity contribution in [1.82, 2.24) is 15.1 Å². The molecule has 6 nitrogen and oxygen atoms in total. The van der Waals surface area contributed by atoms with Crippen LogP contribution in [0, 0.1) is 4.84 Å². The van der Waals surface area contributed by atoms with Crippen LogP contribution in [0.25, 0.3) is 11.5 Å². The highest BCUT2D eigenvalue weighted by atomic mass is 35.5. The number of nitrogens with zero attached hydrogens (tertiary/aromatic N) is 2. The fraction of sp³-hybridized carbons (Fsp3) is 0.400. The molecule has 3 rings (SSSR count). The Kier molecular flexibility index (Phi) is 4.79. The van der Waals surface area contributed by atoms with E-state index in [9.17, 15) is 4.79 Å². The molecule has 1 aliphatic carbocycles. The summed E-state index contributed by atoms with van der Waals surface area (Å²) >= 11 is 11.2. The van der Waals surface area contributed by atoms with Crippen LogP contribution in [0.5, 0.6) is 0 Å². The predicted molar refractivity (Wildman–Crippen MR) is 88.7 cm³/mol. The Hall–Kier alpha value is -1.70. The largest absolute Gasteiger partial charge is 0.409 e. The van der Waals surface area contributed by atoms with Gasteiger partial charge in [-0.25, -0.2) is 0 Å². The Labute approximate surface area is 144 Å². The molecule has 1 amide bonds. The Morgan fingerprint density at radius 3 is 3.04 bits per heavy atom. The monoisotopic (exact) mass is 353 g/mol. The van der Waals surface area contributed by atoms with Crippen LogP contribution < -0.4 is 10.2 Å². The number of aromatic nitrogens is 2. The second-order valence-corrected chi connectivity index (χ2v) is 6.60. The van der Waals surface area contributed by atoms with Crippen LogP contribution in [0.1, 0.15) is 12.8 Å². The standard InChI is InChI=1S/C15H17ClN4O2S/c1-19(8-13(21)17-12-5-6-12)9-20-15(23)22-14(18-20)10-3-2-4-11(16)7-10/h2-4,7,12H,5-6,8-9H2,1H3,(H,17,21)/p+1. The zero-order chi connectivity index (χ0) is 16.4. The SMILES string of the molecule is C[NH+](CC(=O)NC1CC1)Cn1nc(-c2cccc(Cl)c2)oc1=S. The third kappa shape index (κ3) is 4.40. The number of hydrogen-bond donors (Lipinski definition) is 2. The number of carbonyl (C=O) groups is 1. The first-order valence-electron chi connectivity index (χ1n) is 7.46. The highest BCUT2D eigenvalue weighted by Crippen LogP contribution is 2.21. The summed E-state index contributed by atoms with van der Waals surface area (Å²) in [6, 6.07) is 7.61. The van der Waals surface area contributed by atoms with Gasteiger partial charge in [-0.2, -0.15) is 4.68 Å². The number of amides is 1. The number of carbonyl (C=O) groups excluding carboxylic acids is 1. The number of halogens is 1. The fourth-order valence-corrected chi connectivity index (χ4v) is 2.61. The van der Waals surface area contributed by atoms with Gasteiger partial charge < -0.3 is 14.6 Å². The van der Waals surface area contributed by atoms with Gasteiger partial charge in [-0.05, 0) is 43.3 Å². The summed E-state index contributed by atoms with van der Waals surface area (Å²) < 4.78 is 7.12. The van der Waals surface area contributed by atoms with Crippen LogP contribution in [0.3, 0.4) is 0 Å². The molecule has 1 aromatic carbocycles. The van der Waals surface area contributed by atoms with E-state index < -0.39 is 0 Å². The second-order valence-electron chi connectivity index (χ2n) is 5.82. The maximum atomic E-state index is 11.8. The maximum Gasteiger partial charge on any atom is 0.292 e. The molecule has 1 fully saturated rings. The van der Waals surface area contributed by atoms with E-state index in [1.165, 1.54) is 0 Å². The Morgan fingerprint density at radius 2 is 2.35 bits per heavy atom. The van der Waals surface area contributed by atoms with Gasteiger partial charge in [0.15, 0.2) is 13.2 Å². The number of nitrogens with one attached hydrogen (secondary N) is 2. The van der Waals surface area contributed by atoms with Crippen molar-refractivity contribution in [1.29, 1.82) is 0 Å². The van der Waals surface area contributed by atoms with E-state index in [2.05, 4.69) is 10.4 Å². The summed E-state index contributed by atoms with van der Waals surface area (Å²) in [5.41, 5.74) is 0.770. The number of rotatable bonds is 6. The number of quaternary nitrogens is 1. The Balaban J connectivity index is 1.66. The van der Waals surface area contributed by atoms with Gasteiger partial charge in [0.05, 0.1) is 7.05 Å². The summed E-state index contributed by atoms with van der Waals surface area (Å²) in [6.45, 7) is 0.832. The first kappa shape index (κ1) is 16.2. The van der Waals surface area contributed by atoms with Crippen molar-refractivity contribution < 1.29 is 14.1 Å². The van der Waals surface area contributed by atoms with E-state index in [-0.39, 0.29) is 10.7 Å². The van der Waals surface area contributed by atoms with Crippen molar-refractivity contribution in [2.45, 2.75) is 25.6 Å². The average Bonchev–Trinajstić information content (AvgIpc) is 3.21. The molecule has 1 aliphatic rings. The molecule has 0 aliphatic heterocycles. The lowest BCUT2D eigenvalue weighted by Crippen LogP contribution is -3.09. The molecule has 1 aromatic heterocycles. The van der Waals surface area contributed by atoms with Crippen LogP contribution >= 0.6 is 23.8 Å². The first-order chi connectivity index (χ1) is 11.0. The molecule has 23 heavy (non-hydrogen) atoms. The molecular weight excluding hydrogens is 336 g/mol. The van der Waals surface area contributed by atoms with Crippen LogP contribution in [0.2, 0.25) is 5.02 Å². The molecule has 1 heterocycles. The zero-order valence-corrected chi connectivity index (χ0v) is 14.3. The summed E-state index contributed by atoms with van der Waals surface area (Å²) in [7, 11) is 1.92. The van der Waals surface area contributed by atoms with E-state index in [0.717, 1.165) is 23.3 Å². The van der Waals surface area contributed by atoms with Gasteiger partial charge in [-0.1, -0.05) is 17.7 Å². The first-order valence-corrected chi connectivity index (χ1v) is 8.24. The van der Waals surface area contributed by atoms with Gasteiger partial charge in [0.25, 0.3) is 10.7 Å². The van der Waals surface area contributed by atoms with E-state index in [4.69, 9.17) is 28.2 Å². The minimum absolute atomic E-state index is 0.0510. The van der Waals surface area contributed by atoms with Gasteiger partial charge in [-0.3, -0.25) is 4.79 Å². The Morgan fingerprint density at radius 1 is 1.57 bits per heavy atom. The molecule has 0 radical (unpaired) electrons. The summed E-state index contributed by atoms with van der Waals surface area (Å²) in [5, 5.41) is 7.95. The summed E-state index contributed by atoms with van der Waals surface area (Å²) in [4.78, 5) is 13.1. The van der Waals surface area contributed by atoms with Gasteiger partial charge in [0.1, 0.15) is 0 Å². The quantitative estimate of drug-likeness (QED) is 0.768. The molecule has 122 valence electrons. The average molecular weight is 354 g/mol. The van der Waals surface area contributed by atoms with Crippen LogP contribution in [0.4, 0.5) is 0 Å². The van der Waals surface area contributed by atoms with Gasteiger partial charge in [-0.15, -0.1) is 5.10 Å². The molecule has 2 N–H and O–H groups in total. The third-order valence-electron chi connectivity index (χ3n) is 3.50. The van der Waals surface area contributed by atoms with Gasteiger partial charge >= 0.3 is 0 Å². The van der Waals surface area contributed by atoms with Crippen molar-refractivity contribution in [3.63, 3.8) is 0 Å². The molecule has 1 atom stereocenters. The fourth-order valence-electron chi connectivity index (χ4n) is 2.24. The van der Waals surface area contributed by atoms with E-state index in [1.807, 2.05) is 19.2 Å². The van der Waals surface area contributed by atoms with E-state index >= 15 is 0 Å². The van der Waals surface area contributed by atoms with Crippen LogP contribution in [-0.4, -0.2) is 35.3 Å². The van der Waals surface area contributed by atoms with Crippen molar-refractivity contribution in [2.24, 2.45) is 0 Å². The summed E-state index contributed by atoms with van der Waals surface area (Å²) in [5.74, 6) is 0.475.